The second-order valence-electron chi connectivity index (χ2n) is 3.77. The maximum absolute atomic E-state index is 10.5. The Balaban J connectivity index is 3.80. The Morgan fingerprint density at radius 2 is 1.90 bits per heavy atom. The molecule has 1 amide bonds. The predicted octanol–water partition coefficient (Wildman–Crippen LogP) is 0.235. The highest BCUT2D eigenvalue weighted by atomic mass is 16.1. The van der Waals surface area contributed by atoms with Crippen molar-refractivity contribution >= 4 is 5.91 Å². The van der Waals surface area contributed by atoms with Gasteiger partial charge in [-0.25, -0.2) is 0 Å². The fourth-order valence-electron chi connectivity index (χ4n) is 0.760. The Morgan fingerprint density at radius 3 is 2.00 bits per heavy atom. The van der Waals surface area contributed by atoms with Crippen molar-refractivity contribution in [2.24, 2.45) is 16.9 Å². The molecule has 0 spiro atoms. The maximum Gasteiger partial charge on any atom is 0.234 e. The molecular formula is C7H16N2O. The number of nitrogens with two attached hydrogens (primary N) is 2. The third-order valence-corrected chi connectivity index (χ3v) is 1.20. The summed E-state index contributed by atoms with van der Waals surface area (Å²) < 4.78 is 0. The molecular weight excluding hydrogens is 128 g/mol. The topological polar surface area (TPSA) is 69.1 Å². The quantitative estimate of drug-likeness (QED) is 0.582. The molecule has 0 aromatic heterocycles. The van der Waals surface area contributed by atoms with E-state index in [1.54, 1.807) is 0 Å². The van der Waals surface area contributed by atoms with Crippen LogP contribution in [0, 0.1) is 5.41 Å². The van der Waals surface area contributed by atoms with Crippen molar-refractivity contribution in [3.05, 3.63) is 0 Å². The van der Waals surface area contributed by atoms with E-state index in [1.807, 2.05) is 20.8 Å². The third-order valence-electron chi connectivity index (χ3n) is 1.20. The molecule has 10 heavy (non-hydrogen) atoms. The maximum atomic E-state index is 10.5. The zero-order valence-electron chi connectivity index (χ0n) is 6.85. The molecule has 0 bridgehead atoms. The molecule has 1 unspecified atom stereocenters. The number of carbonyl (C=O) groups excluding carboxylic acids is 1. The van der Waals surface area contributed by atoms with E-state index in [4.69, 9.17) is 11.5 Å². The highest BCUT2D eigenvalue weighted by Gasteiger charge is 2.18. The Morgan fingerprint density at radius 1 is 1.50 bits per heavy atom. The Bertz CT molecular complexity index is 126. The van der Waals surface area contributed by atoms with E-state index < -0.39 is 11.9 Å². The van der Waals surface area contributed by atoms with E-state index >= 15 is 0 Å². The van der Waals surface area contributed by atoms with E-state index in [0.29, 0.717) is 6.42 Å². The average Bonchev–Trinajstić information content (AvgIpc) is 1.60. The molecule has 0 aromatic rings. The highest BCUT2D eigenvalue weighted by Crippen LogP contribution is 2.19. The standard InChI is InChI=1S/C7H16N2O/c1-7(2,3)4-5(8)6(9)10/h5H,4,8H2,1-3H3,(H2,9,10). The third kappa shape index (κ3) is 4.32. The van der Waals surface area contributed by atoms with Gasteiger partial charge in [-0.2, -0.15) is 0 Å². The number of hydrogen-bond donors (Lipinski definition) is 2. The molecule has 0 saturated heterocycles. The fourth-order valence-corrected chi connectivity index (χ4v) is 0.760. The van der Waals surface area contributed by atoms with Gasteiger partial charge in [0.2, 0.25) is 5.91 Å². The van der Waals surface area contributed by atoms with E-state index in [2.05, 4.69) is 0 Å². The van der Waals surface area contributed by atoms with Gasteiger partial charge in [-0.05, 0) is 11.8 Å². The van der Waals surface area contributed by atoms with E-state index in [-0.39, 0.29) is 5.41 Å². The van der Waals surface area contributed by atoms with Crippen LogP contribution in [-0.4, -0.2) is 11.9 Å². The monoisotopic (exact) mass is 144 g/mol. The van der Waals surface area contributed by atoms with E-state index in [1.165, 1.54) is 0 Å². The fraction of sp³-hybridized carbons (Fsp3) is 0.857. The van der Waals surface area contributed by atoms with E-state index in [0.717, 1.165) is 0 Å². The van der Waals surface area contributed by atoms with Gasteiger partial charge in [0, 0.05) is 0 Å². The lowest BCUT2D eigenvalue weighted by Crippen LogP contribution is -2.39. The number of rotatable bonds is 2. The van der Waals surface area contributed by atoms with Gasteiger partial charge in [-0.3, -0.25) is 4.79 Å². The van der Waals surface area contributed by atoms with Crippen molar-refractivity contribution in [1.29, 1.82) is 0 Å². The van der Waals surface area contributed by atoms with Gasteiger partial charge in [-0.1, -0.05) is 20.8 Å². The van der Waals surface area contributed by atoms with Gasteiger partial charge < -0.3 is 11.5 Å². The number of carbonyl (C=O) groups is 1. The number of primary amides is 1. The van der Waals surface area contributed by atoms with Gasteiger partial charge in [-0.15, -0.1) is 0 Å². The van der Waals surface area contributed by atoms with Gasteiger partial charge in [0.1, 0.15) is 0 Å². The summed E-state index contributed by atoms with van der Waals surface area (Å²) in [4.78, 5) is 10.5. The molecule has 0 rings (SSSR count). The zero-order valence-corrected chi connectivity index (χ0v) is 6.85. The Kier molecular flexibility index (Phi) is 2.84. The minimum atomic E-state index is -0.500. The second-order valence-corrected chi connectivity index (χ2v) is 3.77. The molecule has 0 fully saturated rings. The molecule has 4 N–H and O–H groups in total. The van der Waals surface area contributed by atoms with Crippen LogP contribution in [0.1, 0.15) is 27.2 Å². The van der Waals surface area contributed by atoms with Crippen molar-refractivity contribution in [3.63, 3.8) is 0 Å². The van der Waals surface area contributed by atoms with Crippen LogP contribution in [0.5, 0.6) is 0 Å². The molecule has 0 heterocycles. The molecule has 3 nitrogen and oxygen atoms in total. The summed E-state index contributed by atoms with van der Waals surface area (Å²) in [6, 6.07) is -0.500. The smallest absolute Gasteiger partial charge is 0.234 e. The van der Waals surface area contributed by atoms with Crippen LogP contribution >= 0.6 is 0 Å². The van der Waals surface area contributed by atoms with Crippen LogP contribution in [-0.2, 0) is 4.79 Å². The Hall–Kier alpha value is -0.570. The molecule has 60 valence electrons. The summed E-state index contributed by atoms with van der Waals surface area (Å²) in [6.07, 6.45) is 0.641. The van der Waals surface area contributed by atoms with Gasteiger partial charge >= 0.3 is 0 Å². The summed E-state index contributed by atoms with van der Waals surface area (Å²) in [6.45, 7) is 6.07. The van der Waals surface area contributed by atoms with Crippen LogP contribution in [0.4, 0.5) is 0 Å². The Labute approximate surface area is 61.8 Å². The summed E-state index contributed by atoms with van der Waals surface area (Å²) in [7, 11) is 0. The molecule has 1 atom stereocenters. The predicted molar refractivity (Wildman–Crippen MR) is 41.2 cm³/mol. The molecule has 0 radical (unpaired) electrons. The van der Waals surface area contributed by atoms with Crippen molar-refractivity contribution < 1.29 is 4.79 Å². The molecule has 0 aliphatic heterocycles. The van der Waals surface area contributed by atoms with Crippen LogP contribution in [0.25, 0.3) is 0 Å². The van der Waals surface area contributed by atoms with E-state index in [9.17, 15) is 4.79 Å². The zero-order chi connectivity index (χ0) is 8.36. The number of hydrogen-bond acceptors (Lipinski definition) is 2. The van der Waals surface area contributed by atoms with Crippen LogP contribution < -0.4 is 11.5 Å². The van der Waals surface area contributed by atoms with Gasteiger partial charge in [0.15, 0.2) is 0 Å². The lowest BCUT2D eigenvalue weighted by molar-refractivity contribution is -0.119. The first-order valence-electron chi connectivity index (χ1n) is 3.38. The summed E-state index contributed by atoms with van der Waals surface area (Å²) in [5, 5.41) is 0. The minimum absolute atomic E-state index is 0.0778. The summed E-state index contributed by atoms with van der Waals surface area (Å²) in [5.74, 6) is -0.421. The van der Waals surface area contributed by atoms with Crippen LogP contribution in [0.15, 0.2) is 0 Å². The largest absolute Gasteiger partial charge is 0.368 e. The minimum Gasteiger partial charge on any atom is -0.368 e. The normalized spacial score (nSPS) is 14.8. The second kappa shape index (κ2) is 3.01. The first-order chi connectivity index (χ1) is 4.33. The van der Waals surface area contributed by atoms with Gasteiger partial charge in [0.25, 0.3) is 0 Å². The summed E-state index contributed by atoms with van der Waals surface area (Å²) >= 11 is 0. The van der Waals surface area contributed by atoms with Crippen LogP contribution in [0.3, 0.4) is 0 Å². The average molecular weight is 144 g/mol. The van der Waals surface area contributed by atoms with Gasteiger partial charge in [0.05, 0.1) is 6.04 Å². The van der Waals surface area contributed by atoms with Crippen molar-refractivity contribution in [1.82, 2.24) is 0 Å². The highest BCUT2D eigenvalue weighted by molar-refractivity contribution is 5.79. The SMILES string of the molecule is CC(C)(C)CC(N)C(N)=O. The molecule has 0 aliphatic carbocycles. The molecule has 0 saturated carbocycles. The van der Waals surface area contributed by atoms with Crippen molar-refractivity contribution in [2.75, 3.05) is 0 Å². The number of amides is 1. The summed E-state index contributed by atoms with van der Waals surface area (Å²) in [5.41, 5.74) is 10.5. The van der Waals surface area contributed by atoms with Crippen LogP contribution in [0.2, 0.25) is 0 Å². The molecule has 0 aliphatic rings. The molecule has 0 aromatic carbocycles. The lowest BCUT2D eigenvalue weighted by Gasteiger charge is -2.20. The molecule has 3 heteroatoms. The van der Waals surface area contributed by atoms with Crippen molar-refractivity contribution in [3.8, 4) is 0 Å². The first kappa shape index (κ1) is 9.43. The first-order valence-corrected chi connectivity index (χ1v) is 3.38. The van der Waals surface area contributed by atoms with Crippen molar-refractivity contribution in [2.45, 2.75) is 33.2 Å². The lowest BCUT2D eigenvalue weighted by atomic mass is 9.88.